The lowest BCUT2D eigenvalue weighted by Crippen LogP contribution is -2.38. The van der Waals surface area contributed by atoms with Gasteiger partial charge in [0.05, 0.1) is 0 Å². The molecule has 6 heteroatoms. The predicted molar refractivity (Wildman–Crippen MR) is 79.0 cm³/mol. The number of carbonyl (C=O) groups is 1. The van der Waals surface area contributed by atoms with E-state index in [9.17, 15) is 4.79 Å². The third-order valence-electron chi connectivity index (χ3n) is 4.31. The molecule has 3 heterocycles. The number of nitrogens with one attached hydrogen (secondary N) is 1. The average molecular weight is 299 g/mol. The first-order valence-electron chi connectivity index (χ1n) is 7.49. The van der Waals surface area contributed by atoms with E-state index in [4.69, 9.17) is 9.47 Å². The molecule has 0 radical (unpaired) electrons. The maximum Gasteiger partial charge on any atom is 0.253 e. The van der Waals surface area contributed by atoms with Crippen LogP contribution in [0.4, 0.5) is 0 Å². The standard InChI is InChI=1S/C16H17N3O3/c20-16(12-1-2-13-14(9-12)22-10-21-13)19-7-3-11(4-8-19)15-17-5-6-18-15/h1-2,5-6,9,11H,3-4,7-8,10H2,(H,17,18). The Labute approximate surface area is 128 Å². The number of piperidine rings is 1. The van der Waals surface area contributed by atoms with E-state index in [0.717, 1.165) is 31.8 Å². The highest BCUT2D eigenvalue weighted by Gasteiger charge is 2.26. The fourth-order valence-electron chi connectivity index (χ4n) is 3.07. The maximum absolute atomic E-state index is 12.6. The van der Waals surface area contributed by atoms with Gasteiger partial charge in [-0.25, -0.2) is 4.98 Å². The summed E-state index contributed by atoms with van der Waals surface area (Å²) in [7, 11) is 0. The normalized spacial score (nSPS) is 17.7. The molecule has 1 amide bonds. The molecule has 22 heavy (non-hydrogen) atoms. The van der Waals surface area contributed by atoms with E-state index >= 15 is 0 Å². The van der Waals surface area contributed by atoms with Gasteiger partial charge in [-0.15, -0.1) is 0 Å². The highest BCUT2D eigenvalue weighted by atomic mass is 16.7. The fourth-order valence-corrected chi connectivity index (χ4v) is 3.07. The van der Waals surface area contributed by atoms with Crippen molar-refractivity contribution in [1.82, 2.24) is 14.9 Å². The molecule has 1 fully saturated rings. The molecule has 2 aromatic rings. The van der Waals surface area contributed by atoms with E-state index in [1.807, 2.05) is 11.1 Å². The number of H-pyrrole nitrogens is 1. The average Bonchev–Trinajstić information content (AvgIpc) is 3.25. The van der Waals surface area contributed by atoms with Crippen molar-refractivity contribution in [3.05, 3.63) is 42.0 Å². The second-order valence-electron chi connectivity index (χ2n) is 5.61. The van der Waals surface area contributed by atoms with Gasteiger partial charge in [0.1, 0.15) is 5.82 Å². The van der Waals surface area contributed by atoms with E-state index in [-0.39, 0.29) is 12.7 Å². The lowest BCUT2D eigenvalue weighted by Gasteiger charge is -2.31. The zero-order valence-electron chi connectivity index (χ0n) is 12.1. The number of fused-ring (bicyclic) bond motifs is 1. The van der Waals surface area contributed by atoms with E-state index < -0.39 is 0 Å². The van der Waals surface area contributed by atoms with Crippen molar-refractivity contribution < 1.29 is 14.3 Å². The van der Waals surface area contributed by atoms with Crippen LogP contribution < -0.4 is 9.47 Å². The Hall–Kier alpha value is -2.50. The molecule has 0 saturated carbocycles. The Balaban J connectivity index is 1.44. The van der Waals surface area contributed by atoms with Gasteiger partial charge in [-0.1, -0.05) is 0 Å². The van der Waals surface area contributed by atoms with Crippen LogP contribution in [-0.2, 0) is 0 Å². The van der Waals surface area contributed by atoms with Crippen molar-refractivity contribution in [3.63, 3.8) is 0 Å². The number of hydrogen-bond acceptors (Lipinski definition) is 4. The molecular weight excluding hydrogens is 282 g/mol. The minimum Gasteiger partial charge on any atom is -0.454 e. The molecule has 1 aromatic carbocycles. The highest BCUT2D eigenvalue weighted by Crippen LogP contribution is 2.33. The summed E-state index contributed by atoms with van der Waals surface area (Å²) in [6.45, 7) is 1.72. The van der Waals surface area contributed by atoms with Crippen molar-refractivity contribution in [1.29, 1.82) is 0 Å². The molecule has 1 N–H and O–H groups in total. The molecule has 1 aromatic heterocycles. The third-order valence-corrected chi connectivity index (χ3v) is 4.31. The minimum atomic E-state index is 0.0520. The van der Waals surface area contributed by atoms with E-state index in [2.05, 4.69) is 9.97 Å². The molecule has 4 rings (SSSR count). The SMILES string of the molecule is O=C(c1ccc2c(c1)OCO2)N1CCC(c2ncc[nH]2)CC1. The Bertz CT molecular complexity index is 676. The Morgan fingerprint density at radius 3 is 2.82 bits per heavy atom. The molecule has 0 atom stereocenters. The zero-order chi connectivity index (χ0) is 14.9. The summed E-state index contributed by atoms with van der Waals surface area (Å²) in [6, 6.07) is 5.36. The van der Waals surface area contributed by atoms with Crippen molar-refractivity contribution in [2.24, 2.45) is 0 Å². The second kappa shape index (κ2) is 5.36. The van der Waals surface area contributed by atoms with Crippen LogP contribution in [0.5, 0.6) is 11.5 Å². The number of aromatic nitrogens is 2. The van der Waals surface area contributed by atoms with Crippen LogP contribution in [0.15, 0.2) is 30.6 Å². The van der Waals surface area contributed by atoms with Gasteiger partial charge in [-0.2, -0.15) is 0 Å². The number of hydrogen-bond donors (Lipinski definition) is 1. The molecule has 0 aliphatic carbocycles. The predicted octanol–water partition coefficient (Wildman–Crippen LogP) is 2.16. The van der Waals surface area contributed by atoms with Gasteiger partial charge >= 0.3 is 0 Å². The number of likely N-dealkylation sites (tertiary alicyclic amines) is 1. The number of nitrogens with zero attached hydrogens (tertiary/aromatic N) is 2. The van der Waals surface area contributed by atoms with Crippen molar-refractivity contribution >= 4 is 5.91 Å². The summed E-state index contributed by atoms with van der Waals surface area (Å²) >= 11 is 0. The van der Waals surface area contributed by atoms with Crippen molar-refractivity contribution in [3.8, 4) is 11.5 Å². The van der Waals surface area contributed by atoms with Crippen molar-refractivity contribution in [2.75, 3.05) is 19.9 Å². The summed E-state index contributed by atoms with van der Waals surface area (Å²) in [6.07, 6.45) is 5.49. The number of amides is 1. The van der Waals surface area contributed by atoms with Crippen LogP contribution in [0.1, 0.15) is 34.9 Å². The van der Waals surface area contributed by atoms with Crippen LogP contribution in [-0.4, -0.2) is 40.7 Å². The highest BCUT2D eigenvalue weighted by molar-refractivity contribution is 5.95. The number of ether oxygens (including phenoxy) is 2. The molecule has 0 unspecified atom stereocenters. The lowest BCUT2D eigenvalue weighted by molar-refractivity contribution is 0.0711. The smallest absolute Gasteiger partial charge is 0.253 e. The van der Waals surface area contributed by atoms with Crippen LogP contribution in [0.25, 0.3) is 0 Å². The van der Waals surface area contributed by atoms with Gasteiger partial charge in [0.15, 0.2) is 11.5 Å². The minimum absolute atomic E-state index is 0.0520. The Kier molecular flexibility index (Phi) is 3.21. The number of carbonyl (C=O) groups excluding carboxylic acids is 1. The summed E-state index contributed by atoms with van der Waals surface area (Å²) in [5.41, 5.74) is 0.653. The second-order valence-corrected chi connectivity index (χ2v) is 5.61. The third kappa shape index (κ3) is 2.30. The number of rotatable bonds is 2. The van der Waals surface area contributed by atoms with Gasteiger partial charge in [0.2, 0.25) is 6.79 Å². The Morgan fingerprint density at radius 1 is 1.23 bits per heavy atom. The summed E-state index contributed by atoms with van der Waals surface area (Å²) in [4.78, 5) is 22.0. The van der Waals surface area contributed by atoms with Gasteiger partial charge in [0.25, 0.3) is 5.91 Å². The maximum atomic E-state index is 12.6. The largest absolute Gasteiger partial charge is 0.454 e. The first kappa shape index (κ1) is 13.2. The number of imidazole rings is 1. The molecule has 6 nitrogen and oxygen atoms in total. The Morgan fingerprint density at radius 2 is 2.05 bits per heavy atom. The molecule has 0 spiro atoms. The van der Waals surface area contributed by atoms with Gasteiger partial charge < -0.3 is 19.4 Å². The van der Waals surface area contributed by atoms with E-state index in [1.54, 1.807) is 24.4 Å². The topological polar surface area (TPSA) is 67.5 Å². The van der Waals surface area contributed by atoms with E-state index in [0.29, 0.717) is 23.0 Å². The molecule has 1 saturated heterocycles. The first-order valence-corrected chi connectivity index (χ1v) is 7.49. The summed E-state index contributed by atoms with van der Waals surface area (Å²) in [5.74, 6) is 2.84. The van der Waals surface area contributed by atoms with Crippen LogP contribution in [0.2, 0.25) is 0 Å². The van der Waals surface area contributed by atoms with Gasteiger partial charge in [0, 0.05) is 37.0 Å². The molecule has 0 bridgehead atoms. The summed E-state index contributed by atoms with van der Waals surface area (Å²) in [5, 5.41) is 0. The monoisotopic (exact) mass is 299 g/mol. The molecule has 2 aliphatic rings. The van der Waals surface area contributed by atoms with Gasteiger partial charge in [-0.05, 0) is 31.0 Å². The lowest BCUT2D eigenvalue weighted by atomic mass is 9.95. The van der Waals surface area contributed by atoms with Crippen LogP contribution >= 0.6 is 0 Å². The first-order chi connectivity index (χ1) is 10.8. The molecule has 2 aliphatic heterocycles. The molecular formula is C16H17N3O3. The van der Waals surface area contributed by atoms with E-state index in [1.165, 1.54) is 0 Å². The number of aromatic amines is 1. The number of benzene rings is 1. The quantitative estimate of drug-likeness (QED) is 0.922. The van der Waals surface area contributed by atoms with Crippen molar-refractivity contribution in [2.45, 2.75) is 18.8 Å². The fraction of sp³-hybridized carbons (Fsp3) is 0.375. The molecule has 114 valence electrons. The van der Waals surface area contributed by atoms with Gasteiger partial charge in [-0.3, -0.25) is 4.79 Å². The zero-order valence-corrected chi connectivity index (χ0v) is 12.1. The van der Waals surface area contributed by atoms with Crippen LogP contribution in [0.3, 0.4) is 0 Å². The van der Waals surface area contributed by atoms with Crippen LogP contribution in [0, 0.1) is 0 Å². The summed E-state index contributed by atoms with van der Waals surface area (Å²) < 4.78 is 10.6.